The number of hydrogen-bond acceptors (Lipinski definition) is 5. The zero-order chi connectivity index (χ0) is 23.6. The second kappa shape index (κ2) is 9.13. The van der Waals surface area contributed by atoms with Crippen LogP contribution in [0.4, 0.5) is 10.1 Å². The van der Waals surface area contributed by atoms with E-state index in [1.165, 1.54) is 30.3 Å². The molecule has 0 radical (unpaired) electrons. The molecule has 4 aromatic carbocycles. The van der Waals surface area contributed by atoms with Crippen LogP contribution < -0.4 is 4.72 Å². The average molecular weight is 484 g/mol. The molecule has 0 aliphatic rings. The van der Waals surface area contributed by atoms with Crippen molar-refractivity contribution >= 4 is 44.2 Å². The number of rotatable bonds is 7. The van der Waals surface area contributed by atoms with Gasteiger partial charge in [0.15, 0.2) is 0 Å². The summed E-state index contributed by atoms with van der Waals surface area (Å²) in [7, 11) is -4.04. The van der Waals surface area contributed by atoms with Crippen molar-refractivity contribution in [3.05, 3.63) is 84.7 Å². The van der Waals surface area contributed by atoms with E-state index in [9.17, 15) is 22.7 Å². The Hall–Kier alpha value is -3.56. The summed E-state index contributed by atoms with van der Waals surface area (Å²) in [4.78, 5) is 11.2. The van der Waals surface area contributed by atoms with Crippen LogP contribution in [0.1, 0.15) is 0 Å². The molecule has 0 unspecified atom stereocenters. The molecule has 0 spiro atoms. The molecular formula is C24H18FNO5S2. The fraction of sp³-hybridized carbons (Fsp3) is 0.0417. The SMILES string of the molecule is O=C(O)CSc1cc(NS(=O)(=O)c2cccc(-c3ccc(F)cc3)c2)c2ccccc2c1O. The Morgan fingerprint density at radius 1 is 0.909 bits per heavy atom. The number of hydrogen-bond donors (Lipinski definition) is 3. The van der Waals surface area contributed by atoms with E-state index in [2.05, 4.69) is 4.72 Å². The van der Waals surface area contributed by atoms with Crippen LogP contribution in [0.15, 0.2) is 88.7 Å². The van der Waals surface area contributed by atoms with E-state index >= 15 is 0 Å². The number of phenols is 1. The molecule has 4 aromatic rings. The van der Waals surface area contributed by atoms with Gasteiger partial charge in [0.05, 0.1) is 21.2 Å². The number of sulfonamides is 1. The topological polar surface area (TPSA) is 104 Å². The van der Waals surface area contributed by atoms with Crippen molar-refractivity contribution in [2.75, 3.05) is 10.5 Å². The summed E-state index contributed by atoms with van der Waals surface area (Å²) in [5.41, 5.74) is 1.48. The maximum atomic E-state index is 13.2. The lowest BCUT2D eigenvalue weighted by atomic mass is 10.1. The van der Waals surface area contributed by atoms with Crippen LogP contribution >= 0.6 is 11.8 Å². The van der Waals surface area contributed by atoms with Gasteiger partial charge in [-0.15, -0.1) is 11.8 Å². The van der Waals surface area contributed by atoms with E-state index in [1.807, 2.05) is 0 Å². The van der Waals surface area contributed by atoms with Crippen molar-refractivity contribution in [2.24, 2.45) is 0 Å². The van der Waals surface area contributed by atoms with E-state index < -0.39 is 16.0 Å². The fourth-order valence-corrected chi connectivity index (χ4v) is 5.20. The lowest BCUT2D eigenvalue weighted by Gasteiger charge is -2.15. The largest absolute Gasteiger partial charge is 0.506 e. The predicted octanol–water partition coefficient (Wildman–Crippen LogP) is 5.33. The number of carboxylic acids is 1. The Bertz CT molecular complexity index is 1450. The highest BCUT2D eigenvalue weighted by Crippen LogP contribution is 2.40. The zero-order valence-corrected chi connectivity index (χ0v) is 18.7. The summed E-state index contributed by atoms with van der Waals surface area (Å²) in [5.74, 6) is -1.86. The molecule has 0 aliphatic heterocycles. The number of phenolic OH excluding ortho intramolecular Hbond substituents is 1. The van der Waals surface area contributed by atoms with Gasteiger partial charge in [0.1, 0.15) is 11.6 Å². The number of fused-ring (bicyclic) bond motifs is 1. The molecule has 0 saturated carbocycles. The quantitative estimate of drug-likeness (QED) is 0.243. The predicted molar refractivity (Wildman–Crippen MR) is 127 cm³/mol. The molecule has 3 N–H and O–H groups in total. The number of carboxylic acid groups (broad SMARTS) is 1. The van der Waals surface area contributed by atoms with Crippen molar-refractivity contribution in [2.45, 2.75) is 9.79 Å². The summed E-state index contributed by atoms with van der Waals surface area (Å²) in [6.45, 7) is 0. The highest BCUT2D eigenvalue weighted by atomic mass is 32.2. The molecule has 6 nitrogen and oxygen atoms in total. The van der Waals surface area contributed by atoms with E-state index in [-0.39, 0.29) is 32.8 Å². The molecule has 0 saturated heterocycles. The van der Waals surface area contributed by atoms with Gasteiger partial charge in [-0.05, 0) is 41.5 Å². The molecule has 4 rings (SSSR count). The van der Waals surface area contributed by atoms with Crippen LogP contribution in [0.5, 0.6) is 5.75 Å². The van der Waals surface area contributed by atoms with Gasteiger partial charge in [0.2, 0.25) is 0 Å². The van der Waals surface area contributed by atoms with Gasteiger partial charge < -0.3 is 10.2 Å². The van der Waals surface area contributed by atoms with Gasteiger partial charge in [-0.25, -0.2) is 12.8 Å². The van der Waals surface area contributed by atoms with Crippen LogP contribution in [-0.2, 0) is 14.8 Å². The molecule has 0 fully saturated rings. The van der Waals surface area contributed by atoms with Crippen molar-refractivity contribution in [3.63, 3.8) is 0 Å². The van der Waals surface area contributed by atoms with E-state index in [0.717, 1.165) is 11.8 Å². The monoisotopic (exact) mass is 483 g/mol. The third-order valence-electron chi connectivity index (χ3n) is 4.90. The Morgan fingerprint density at radius 3 is 2.30 bits per heavy atom. The summed E-state index contributed by atoms with van der Waals surface area (Å²) >= 11 is 0.892. The van der Waals surface area contributed by atoms with Crippen LogP contribution in [0.25, 0.3) is 21.9 Å². The maximum Gasteiger partial charge on any atom is 0.313 e. The normalized spacial score (nSPS) is 11.4. The molecule has 0 aromatic heterocycles. The lowest BCUT2D eigenvalue weighted by Crippen LogP contribution is -2.13. The Kier molecular flexibility index (Phi) is 6.26. The van der Waals surface area contributed by atoms with Gasteiger partial charge in [-0.2, -0.15) is 0 Å². The number of carbonyl (C=O) groups is 1. The minimum Gasteiger partial charge on any atom is -0.506 e. The minimum atomic E-state index is -4.04. The van der Waals surface area contributed by atoms with Crippen LogP contribution in [0.3, 0.4) is 0 Å². The van der Waals surface area contributed by atoms with Gasteiger partial charge in [-0.1, -0.05) is 48.5 Å². The van der Waals surface area contributed by atoms with Gasteiger partial charge in [0.25, 0.3) is 10.0 Å². The molecule has 0 heterocycles. The first-order chi connectivity index (χ1) is 15.7. The number of aliphatic carboxylic acids is 1. The first-order valence-electron chi connectivity index (χ1n) is 9.73. The third-order valence-corrected chi connectivity index (χ3v) is 7.28. The number of benzene rings is 4. The number of nitrogens with one attached hydrogen (secondary N) is 1. The number of aromatic hydroxyl groups is 1. The van der Waals surface area contributed by atoms with E-state index in [0.29, 0.717) is 21.9 Å². The Morgan fingerprint density at radius 2 is 1.61 bits per heavy atom. The van der Waals surface area contributed by atoms with Crippen molar-refractivity contribution in [1.29, 1.82) is 0 Å². The van der Waals surface area contributed by atoms with Gasteiger partial charge in [-0.3, -0.25) is 9.52 Å². The third kappa shape index (κ3) is 4.94. The minimum absolute atomic E-state index is 0.00113. The van der Waals surface area contributed by atoms with E-state index in [4.69, 9.17) is 5.11 Å². The second-order valence-electron chi connectivity index (χ2n) is 7.14. The zero-order valence-electron chi connectivity index (χ0n) is 17.0. The van der Waals surface area contributed by atoms with Gasteiger partial charge >= 0.3 is 5.97 Å². The second-order valence-corrected chi connectivity index (χ2v) is 9.84. The molecule has 0 bridgehead atoms. The number of halogens is 1. The first-order valence-corrected chi connectivity index (χ1v) is 12.2. The molecule has 0 amide bonds. The van der Waals surface area contributed by atoms with E-state index in [1.54, 1.807) is 48.5 Å². The smallest absolute Gasteiger partial charge is 0.313 e. The molecule has 33 heavy (non-hydrogen) atoms. The summed E-state index contributed by atoms with van der Waals surface area (Å²) < 4.78 is 42.2. The summed E-state index contributed by atoms with van der Waals surface area (Å²) in [6.07, 6.45) is 0. The highest BCUT2D eigenvalue weighted by Gasteiger charge is 2.19. The molecule has 9 heteroatoms. The Labute approximate surface area is 193 Å². The molecular weight excluding hydrogens is 465 g/mol. The number of thioether (sulfide) groups is 1. The van der Waals surface area contributed by atoms with Crippen molar-refractivity contribution < 1.29 is 27.8 Å². The van der Waals surface area contributed by atoms with Crippen LogP contribution in [-0.4, -0.2) is 30.4 Å². The fourth-order valence-electron chi connectivity index (χ4n) is 3.36. The number of anilines is 1. The summed E-state index contributed by atoms with van der Waals surface area (Å²) in [6, 6.07) is 20.1. The average Bonchev–Trinajstić information content (AvgIpc) is 2.80. The van der Waals surface area contributed by atoms with Crippen LogP contribution in [0.2, 0.25) is 0 Å². The molecule has 0 aliphatic carbocycles. The summed E-state index contributed by atoms with van der Waals surface area (Å²) in [5, 5.41) is 20.4. The van der Waals surface area contributed by atoms with Crippen molar-refractivity contribution in [3.8, 4) is 16.9 Å². The lowest BCUT2D eigenvalue weighted by molar-refractivity contribution is -0.133. The highest BCUT2D eigenvalue weighted by molar-refractivity contribution is 8.00. The molecule has 0 atom stereocenters. The van der Waals surface area contributed by atoms with Crippen LogP contribution in [0, 0.1) is 5.82 Å². The molecule has 168 valence electrons. The van der Waals surface area contributed by atoms with Gasteiger partial charge in [0, 0.05) is 10.8 Å². The first kappa shape index (κ1) is 22.6. The standard InChI is InChI=1S/C24H18FNO5S2/c25-17-10-8-15(9-11-17)16-4-3-5-18(12-16)33(30,31)26-21-13-22(32-14-23(27)28)24(29)20-7-2-1-6-19(20)21/h1-13,26,29H,14H2,(H,27,28). The van der Waals surface area contributed by atoms with Crippen molar-refractivity contribution in [1.82, 2.24) is 0 Å². The Balaban J connectivity index is 1.74. The maximum absolute atomic E-state index is 13.2.